The molecule has 104 valence electrons. The zero-order valence-corrected chi connectivity index (χ0v) is 11.3. The van der Waals surface area contributed by atoms with Crippen molar-refractivity contribution in [1.29, 1.82) is 0 Å². The number of hydrogen-bond donors (Lipinski definition) is 2. The maximum Gasteiger partial charge on any atom is 0.337 e. The van der Waals surface area contributed by atoms with Crippen molar-refractivity contribution in [3.63, 3.8) is 0 Å². The van der Waals surface area contributed by atoms with E-state index in [0.29, 0.717) is 12.1 Å². The molecule has 0 radical (unpaired) electrons. The molecular weight excluding hydrogens is 244 g/mol. The number of carbonyl (C=O) groups is 2. The van der Waals surface area contributed by atoms with Crippen molar-refractivity contribution in [2.45, 2.75) is 25.8 Å². The number of amides is 1. The Morgan fingerprint density at radius 3 is 2.47 bits per heavy atom. The lowest BCUT2D eigenvalue weighted by atomic mass is 10.1. The molecule has 5 heteroatoms. The fourth-order valence-corrected chi connectivity index (χ4v) is 1.59. The molecule has 0 aliphatic rings. The smallest absolute Gasteiger partial charge is 0.337 e. The van der Waals surface area contributed by atoms with E-state index in [1.54, 1.807) is 19.1 Å². The van der Waals surface area contributed by atoms with Crippen LogP contribution in [-0.2, 0) is 16.0 Å². The standard InChI is InChI=1S/C14H20N2O3/c1-10(15)13(17)16-9-3-4-11-5-7-12(8-6-11)14(18)19-2/h5-8,10H,3-4,9,15H2,1-2H3,(H,16,17). The number of aryl methyl sites for hydroxylation is 1. The molecule has 0 aliphatic heterocycles. The van der Waals surface area contributed by atoms with Crippen LogP contribution >= 0.6 is 0 Å². The highest BCUT2D eigenvalue weighted by molar-refractivity contribution is 5.89. The molecule has 1 rings (SSSR count). The van der Waals surface area contributed by atoms with Crippen molar-refractivity contribution in [2.24, 2.45) is 5.73 Å². The topological polar surface area (TPSA) is 81.4 Å². The minimum atomic E-state index is -0.473. The van der Waals surface area contributed by atoms with Crippen LogP contribution in [0, 0.1) is 0 Å². The summed E-state index contributed by atoms with van der Waals surface area (Å²) in [6.45, 7) is 2.25. The number of nitrogens with two attached hydrogens (primary N) is 1. The highest BCUT2D eigenvalue weighted by Crippen LogP contribution is 2.07. The van der Waals surface area contributed by atoms with E-state index in [9.17, 15) is 9.59 Å². The normalized spacial score (nSPS) is 11.7. The third kappa shape index (κ3) is 5.09. The second-order valence-electron chi connectivity index (χ2n) is 4.37. The van der Waals surface area contributed by atoms with Gasteiger partial charge < -0.3 is 15.8 Å². The molecule has 1 aromatic carbocycles. The Kier molecular flexibility index (Phi) is 6.02. The van der Waals surface area contributed by atoms with Gasteiger partial charge in [-0.1, -0.05) is 12.1 Å². The van der Waals surface area contributed by atoms with Gasteiger partial charge in [0.25, 0.3) is 0 Å². The van der Waals surface area contributed by atoms with Gasteiger partial charge in [-0.15, -0.1) is 0 Å². The number of ether oxygens (including phenoxy) is 1. The second kappa shape index (κ2) is 7.53. The fourth-order valence-electron chi connectivity index (χ4n) is 1.59. The first-order valence-electron chi connectivity index (χ1n) is 6.25. The van der Waals surface area contributed by atoms with Gasteiger partial charge in [-0.3, -0.25) is 4.79 Å². The number of methoxy groups -OCH3 is 1. The Morgan fingerprint density at radius 2 is 1.95 bits per heavy atom. The summed E-state index contributed by atoms with van der Waals surface area (Å²) in [6.07, 6.45) is 1.66. The number of rotatable bonds is 6. The summed E-state index contributed by atoms with van der Waals surface area (Å²) < 4.78 is 4.63. The zero-order valence-electron chi connectivity index (χ0n) is 11.3. The Balaban J connectivity index is 2.34. The van der Waals surface area contributed by atoms with E-state index in [4.69, 9.17) is 5.73 Å². The van der Waals surface area contributed by atoms with Gasteiger partial charge in [-0.25, -0.2) is 4.79 Å². The van der Waals surface area contributed by atoms with Crippen LogP contribution in [-0.4, -0.2) is 31.6 Å². The van der Waals surface area contributed by atoms with Crippen LogP contribution in [0.2, 0.25) is 0 Å². The van der Waals surface area contributed by atoms with Gasteiger partial charge >= 0.3 is 5.97 Å². The maximum atomic E-state index is 11.2. The molecule has 3 N–H and O–H groups in total. The highest BCUT2D eigenvalue weighted by atomic mass is 16.5. The van der Waals surface area contributed by atoms with Crippen LogP contribution in [0.3, 0.4) is 0 Å². The SMILES string of the molecule is COC(=O)c1ccc(CCCNC(=O)C(C)N)cc1. The minimum Gasteiger partial charge on any atom is -0.465 e. The summed E-state index contributed by atoms with van der Waals surface area (Å²) in [5.41, 5.74) is 7.08. The molecule has 0 heterocycles. The molecule has 1 unspecified atom stereocenters. The monoisotopic (exact) mass is 264 g/mol. The maximum absolute atomic E-state index is 11.2. The van der Waals surface area contributed by atoms with Gasteiger partial charge in [0.15, 0.2) is 0 Å². The minimum absolute atomic E-state index is 0.138. The van der Waals surface area contributed by atoms with Gasteiger partial charge in [0.05, 0.1) is 18.7 Å². The molecule has 0 saturated carbocycles. The summed E-state index contributed by atoms with van der Waals surface area (Å²) in [5, 5.41) is 2.75. The third-order valence-corrected chi connectivity index (χ3v) is 2.73. The van der Waals surface area contributed by atoms with Crippen LogP contribution in [0.25, 0.3) is 0 Å². The average Bonchev–Trinajstić information content (AvgIpc) is 2.43. The van der Waals surface area contributed by atoms with Crippen molar-refractivity contribution in [2.75, 3.05) is 13.7 Å². The van der Waals surface area contributed by atoms with E-state index in [2.05, 4.69) is 10.1 Å². The van der Waals surface area contributed by atoms with Gasteiger partial charge in [0, 0.05) is 6.54 Å². The first-order valence-corrected chi connectivity index (χ1v) is 6.25. The predicted molar refractivity (Wildman–Crippen MR) is 72.8 cm³/mol. The molecule has 19 heavy (non-hydrogen) atoms. The number of hydrogen-bond acceptors (Lipinski definition) is 4. The summed E-state index contributed by atoms with van der Waals surface area (Å²) in [6, 6.07) is 6.78. The Hall–Kier alpha value is -1.88. The predicted octanol–water partition coefficient (Wildman–Crippen LogP) is 0.869. The quantitative estimate of drug-likeness (QED) is 0.590. The van der Waals surface area contributed by atoms with E-state index in [-0.39, 0.29) is 11.9 Å². The number of esters is 1. The van der Waals surface area contributed by atoms with E-state index < -0.39 is 6.04 Å². The average molecular weight is 264 g/mol. The van der Waals surface area contributed by atoms with Crippen molar-refractivity contribution in [1.82, 2.24) is 5.32 Å². The molecule has 0 aromatic heterocycles. The first kappa shape index (κ1) is 15.2. The molecule has 1 atom stereocenters. The molecule has 0 fully saturated rings. The third-order valence-electron chi connectivity index (χ3n) is 2.73. The number of nitrogens with one attached hydrogen (secondary N) is 1. The van der Waals surface area contributed by atoms with Crippen LogP contribution in [0.4, 0.5) is 0 Å². The second-order valence-corrected chi connectivity index (χ2v) is 4.37. The Morgan fingerprint density at radius 1 is 1.32 bits per heavy atom. The van der Waals surface area contributed by atoms with E-state index in [0.717, 1.165) is 18.4 Å². The van der Waals surface area contributed by atoms with Crippen molar-refractivity contribution in [3.05, 3.63) is 35.4 Å². The zero-order chi connectivity index (χ0) is 14.3. The van der Waals surface area contributed by atoms with Crippen molar-refractivity contribution in [3.8, 4) is 0 Å². The van der Waals surface area contributed by atoms with Crippen LogP contribution in [0.5, 0.6) is 0 Å². The van der Waals surface area contributed by atoms with Gasteiger partial charge in [-0.05, 0) is 37.5 Å². The summed E-state index contributed by atoms with van der Waals surface area (Å²) in [7, 11) is 1.36. The Bertz CT molecular complexity index is 427. The molecule has 0 aliphatic carbocycles. The fraction of sp³-hybridized carbons (Fsp3) is 0.429. The van der Waals surface area contributed by atoms with Crippen molar-refractivity contribution < 1.29 is 14.3 Å². The molecular formula is C14H20N2O3. The van der Waals surface area contributed by atoms with E-state index in [1.807, 2.05) is 12.1 Å². The molecule has 0 saturated heterocycles. The van der Waals surface area contributed by atoms with E-state index in [1.165, 1.54) is 7.11 Å². The number of carbonyl (C=O) groups excluding carboxylic acids is 2. The first-order chi connectivity index (χ1) is 9.04. The highest BCUT2D eigenvalue weighted by Gasteiger charge is 2.06. The Labute approximate surface area is 113 Å². The van der Waals surface area contributed by atoms with Gasteiger partial charge in [0.1, 0.15) is 0 Å². The van der Waals surface area contributed by atoms with E-state index >= 15 is 0 Å². The molecule has 0 spiro atoms. The molecule has 1 aromatic rings. The van der Waals surface area contributed by atoms with Crippen LogP contribution < -0.4 is 11.1 Å². The lowest BCUT2D eigenvalue weighted by Crippen LogP contribution is -2.38. The molecule has 0 bridgehead atoms. The lowest BCUT2D eigenvalue weighted by Gasteiger charge is -2.07. The van der Waals surface area contributed by atoms with Gasteiger partial charge in [0.2, 0.25) is 5.91 Å². The summed E-state index contributed by atoms with van der Waals surface area (Å²) in [4.78, 5) is 22.5. The molecule has 5 nitrogen and oxygen atoms in total. The van der Waals surface area contributed by atoms with Crippen LogP contribution in [0.1, 0.15) is 29.3 Å². The lowest BCUT2D eigenvalue weighted by molar-refractivity contribution is -0.121. The summed E-state index contributed by atoms with van der Waals surface area (Å²) in [5.74, 6) is -0.475. The number of benzene rings is 1. The molecule has 1 amide bonds. The largest absolute Gasteiger partial charge is 0.465 e. The van der Waals surface area contributed by atoms with Crippen LogP contribution in [0.15, 0.2) is 24.3 Å². The van der Waals surface area contributed by atoms with Crippen molar-refractivity contribution >= 4 is 11.9 Å². The summed E-state index contributed by atoms with van der Waals surface area (Å²) >= 11 is 0. The van der Waals surface area contributed by atoms with Gasteiger partial charge in [-0.2, -0.15) is 0 Å².